The van der Waals surface area contributed by atoms with Crippen LogP contribution in [0.1, 0.15) is 52.7 Å². The Hall–Kier alpha value is -1.69. The van der Waals surface area contributed by atoms with Crippen LogP contribution in [0.3, 0.4) is 0 Å². The normalized spacial score (nSPS) is 27.4. The van der Waals surface area contributed by atoms with Gasteiger partial charge in [0.05, 0.1) is 11.2 Å². The second-order valence-electron chi connectivity index (χ2n) is 6.41. The molecule has 2 saturated heterocycles. The standard InChI is InChI=1S/C16H20N4OS/c1-10-15(22-9-17-10)16(21)20-12-3-4-13(20)8-11(7-12)14-5-6-18-19(14)2/h5-6,9,11-13H,3-4,7-8H2,1-2H3. The molecule has 0 aromatic carbocycles. The molecule has 2 aliphatic heterocycles. The number of carbonyl (C=O) groups is 1. The van der Waals surface area contributed by atoms with Gasteiger partial charge in [-0.25, -0.2) is 4.98 Å². The molecule has 116 valence electrons. The summed E-state index contributed by atoms with van der Waals surface area (Å²) < 4.78 is 1.98. The summed E-state index contributed by atoms with van der Waals surface area (Å²) in [7, 11) is 2.01. The first-order valence-corrected chi connectivity index (χ1v) is 8.73. The van der Waals surface area contributed by atoms with Crippen LogP contribution in [0.4, 0.5) is 0 Å². The fourth-order valence-corrected chi connectivity index (χ4v) is 4.90. The molecule has 2 aliphatic rings. The molecule has 0 saturated carbocycles. The number of carbonyl (C=O) groups excluding carboxylic acids is 1. The highest BCUT2D eigenvalue weighted by Crippen LogP contribution is 2.43. The fraction of sp³-hybridized carbons (Fsp3) is 0.562. The van der Waals surface area contributed by atoms with E-state index in [9.17, 15) is 4.79 Å². The highest BCUT2D eigenvalue weighted by molar-refractivity contribution is 7.11. The Labute approximate surface area is 134 Å². The number of nitrogens with zero attached hydrogens (tertiary/aromatic N) is 4. The number of piperidine rings is 1. The van der Waals surface area contributed by atoms with Crippen LogP contribution in [0.2, 0.25) is 0 Å². The summed E-state index contributed by atoms with van der Waals surface area (Å²) in [4.78, 5) is 20.1. The smallest absolute Gasteiger partial charge is 0.266 e. The second-order valence-corrected chi connectivity index (χ2v) is 7.27. The van der Waals surface area contributed by atoms with Gasteiger partial charge >= 0.3 is 0 Å². The number of amides is 1. The van der Waals surface area contributed by atoms with E-state index in [4.69, 9.17) is 0 Å². The summed E-state index contributed by atoms with van der Waals surface area (Å²) in [5, 5.41) is 4.30. The van der Waals surface area contributed by atoms with E-state index < -0.39 is 0 Å². The highest BCUT2D eigenvalue weighted by atomic mass is 32.1. The fourth-order valence-electron chi connectivity index (χ4n) is 4.16. The van der Waals surface area contributed by atoms with Crippen LogP contribution in [-0.2, 0) is 7.05 Å². The van der Waals surface area contributed by atoms with Crippen molar-refractivity contribution in [3.8, 4) is 0 Å². The Bertz CT molecular complexity index is 693. The van der Waals surface area contributed by atoms with Crippen LogP contribution in [0.25, 0.3) is 0 Å². The third kappa shape index (κ3) is 2.08. The predicted octanol–water partition coefficient (Wildman–Crippen LogP) is 2.74. The van der Waals surface area contributed by atoms with E-state index in [2.05, 4.69) is 21.0 Å². The maximum absolute atomic E-state index is 12.9. The van der Waals surface area contributed by atoms with E-state index in [-0.39, 0.29) is 5.91 Å². The van der Waals surface area contributed by atoms with Crippen molar-refractivity contribution < 1.29 is 4.79 Å². The lowest BCUT2D eigenvalue weighted by atomic mass is 9.88. The van der Waals surface area contributed by atoms with Crippen molar-refractivity contribution in [1.29, 1.82) is 0 Å². The molecule has 1 amide bonds. The molecular weight excluding hydrogens is 296 g/mol. The van der Waals surface area contributed by atoms with Crippen LogP contribution in [0.15, 0.2) is 17.8 Å². The predicted molar refractivity (Wildman–Crippen MR) is 85.0 cm³/mol. The van der Waals surface area contributed by atoms with Gasteiger partial charge < -0.3 is 4.90 Å². The van der Waals surface area contributed by atoms with Crippen molar-refractivity contribution in [3.63, 3.8) is 0 Å². The van der Waals surface area contributed by atoms with E-state index in [1.807, 2.05) is 24.9 Å². The van der Waals surface area contributed by atoms with E-state index in [1.165, 1.54) is 17.0 Å². The average molecular weight is 316 g/mol. The molecule has 4 heterocycles. The SMILES string of the molecule is Cc1ncsc1C(=O)N1C2CCC1CC(c1ccnn1C)C2. The Morgan fingerprint density at radius 1 is 1.32 bits per heavy atom. The van der Waals surface area contributed by atoms with Gasteiger partial charge in [0, 0.05) is 36.9 Å². The number of rotatable bonds is 2. The maximum atomic E-state index is 12.9. The quantitative estimate of drug-likeness (QED) is 0.856. The molecule has 2 unspecified atom stereocenters. The van der Waals surface area contributed by atoms with Crippen molar-refractivity contribution in [2.45, 2.75) is 50.6 Å². The minimum absolute atomic E-state index is 0.191. The van der Waals surface area contributed by atoms with Gasteiger partial charge in [0.15, 0.2) is 0 Å². The molecular formula is C16H20N4OS. The molecule has 6 heteroatoms. The largest absolute Gasteiger partial charge is 0.332 e. The molecule has 5 nitrogen and oxygen atoms in total. The third-order valence-corrected chi connectivity index (χ3v) is 6.10. The third-order valence-electron chi connectivity index (χ3n) is 5.18. The van der Waals surface area contributed by atoms with Gasteiger partial charge in [-0.3, -0.25) is 9.48 Å². The molecule has 2 aromatic rings. The van der Waals surface area contributed by atoms with Gasteiger partial charge in [-0.2, -0.15) is 5.10 Å². The van der Waals surface area contributed by atoms with Gasteiger partial charge in [0.25, 0.3) is 5.91 Å². The van der Waals surface area contributed by atoms with Crippen LogP contribution >= 0.6 is 11.3 Å². The summed E-state index contributed by atoms with van der Waals surface area (Å²) in [6, 6.07) is 2.86. The average Bonchev–Trinajstić information content (AvgIpc) is 3.17. The second kappa shape index (κ2) is 5.19. The van der Waals surface area contributed by atoms with Crippen LogP contribution < -0.4 is 0 Å². The molecule has 0 spiro atoms. The molecule has 0 N–H and O–H groups in total. The van der Waals surface area contributed by atoms with Crippen molar-refractivity contribution in [2.75, 3.05) is 0 Å². The molecule has 2 atom stereocenters. The Morgan fingerprint density at radius 2 is 2.05 bits per heavy atom. The zero-order valence-electron chi connectivity index (χ0n) is 12.9. The Morgan fingerprint density at radius 3 is 2.59 bits per heavy atom. The summed E-state index contributed by atoms with van der Waals surface area (Å²) in [6.45, 7) is 1.92. The molecule has 22 heavy (non-hydrogen) atoms. The molecule has 4 rings (SSSR count). The zero-order valence-corrected chi connectivity index (χ0v) is 13.7. The molecule has 0 aliphatic carbocycles. The molecule has 0 radical (unpaired) electrons. The molecule has 2 fully saturated rings. The summed E-state index contributed by atoms with van der Waals surface area (Å²) in [6.07, 6.45) is 6.24. The van der Waals surface area contributed by atoms with E-state index >= 15 is 0 Å². The van der Waals surface area contributed by atoms with E-state index in [1.54, 1.807) is 5.51 Å². The lowest BCUT2D eigenvalue weighted by Crippen LogP contribution is -2.46. The van der Waals surface area contributed by atoms with Crippen LogP contribution in [0.5, 0.6) is 0 Å². The van der Waals surface area contributed by atoms with E-state index in [0.29, 0.717) is 18.0 Å². The number of fused-ring (bicyclic) bond motifs is 2. The van der Waals surface area contributed by atoms with Crippen LogP contribution in [0, 0.1) is 6.92 Å². The minimum Gasteiger partial charge on any atom is -0.332 e. The van der Waals surface area contributed by atoms with E-state index in [0.717, 1.165) is 36.3 Å². The number of aromatic nitrogens is 3. The first-order chi connectivity index (χ1) is 10.6. The minimum atomic E-state index is 0.191. The van der Waals surface area contributed by atoms with Gasteiger partial charge in [-0.05, 0) is 38.7 Å². The zero-order chi connectivity index (χ0) is 15.3. The summed E-state index contributed by atoms with van der Waals surface area (Å²) in [5.74, 6) is 0.715. The first kappa shape index (κ1) is 13.9. The molecule has 2 bridgehead atoms. The van der Waals surface area contributed by atoms with Gasteiger partial charge in [0.1, 0.15) is 4.88 Å². The Balaban J connectivity index is 1.58. The number of hydrogen-bond acceptors (Lipinski definition) is 4. The van der Waals surface area contributed by atoms with Gasteiger partial charge in [-0.1, -0.05) is 0 Å². The number of thiazole rings is 1. The van der Waals surface area contributed by atoms with Crippen molar-refractivity contribution >= 4 is 17.2 Å². The monoisotopic (exact) mass is 316 g/mol. The van der Waals surface area contributed by atoms with Crippen molar-refractivity contribution in [3.05, 3.63) is 34.0 Å². The van der Waals surface area contributed by atoms with Crippen molar-refractivity contribution in [1.82, 2.24) is 19.7 Å². The molecule has 2 aromatic heterocycles. The topological polar surface area (TPSA) is 51.0 Å². The Kier molecular flexibility index (Phi) is 3.29. The van der Waals surface area contributed by atoms with Gasteiger partial charge in [-0.15, -0.1) is 11.3 Å². The summed E-state index contributed by atoms with van der Waals surface area (Å²) in [5.41, 5.74) is 3.94. The number of aryl methyl sites for hydroxylation is 2. The maximum Gasteiger partial charge on any atom is 0.266 e. The summed E-state index contributed by atoms with van der Waals surface area (Å²) >= 11 is 1.47. The van der Waals surface area contributed by atoms with Crippen molar-refractivity contribution in [2.24, 2.45) is 7.05 Å². The highest BCUT2D eigenvalue weighted by Gasteiger charge is 2.44. The van der Waals surface area contributed by atoms with Crippen LogP contribution in [-0.4, -0.2) is 37.7 Å². The lowest BCUT2D eigenvalue weighted by Gasteiger charge is -2.38. The van der Waals surface area contributed by atoms with Gasteiger partial charge in [0.2, 0.25) is 0 Å². The first-order valence-electron chi connectivity index (χ1n) is 7.85. The number of hydrogen-bond donors (Lipinski definition) is 0. The lowest BCUT2D eigenvalue weighted by molar-refractivity contribution is 0.0572.